The largest absolute Gasteiger partial charge is 0.473 e. The molecule has 2 rings (SSSR count). The van der Waals surface area contributed by atoms with Crippen molar-refractivity contribution < 1.29 is 29.4 Å². The molecule has 1 aliphatic rings. The number of aliphatic carboxylic acids is 2. The summed E-state index contributed by atoms with van der Waals surface area (Å²) in [6.45, 7) is 9.78. The quantitative estimate of drug-likeness (QED) is 0.539. The SMILES string of the molecule is CC(=O)CC(C)(C)NC(=O)CCN1CCN(c2ccccn2)CC1.O=C(O)C(=O)O. The van der Waals surface area contributed by atoms with E-state index in [1.165, 1.54) is 0 Å². The molecule has 0 unspecified atom stereocenters. The Kier molecular flexibility index (Phi) is 9.90. The number of aromatic nitrogens is 1. The van der Waals surface area contributed by atoms with Gasteiger partial charge >= 0.3 is 11.9 Å². The molecule has 0 bridgehead atoms. The first-order valence-electron chi connectivity index (χ1n) is 9.65. The minimum absolute atomic E-state index is 0.00778. The van der Waals surface area contributed by atoms with Crippen LogP contribution in [0.25, 0.3) is 0 Å². The molecule has 1 aromatic heterocycles. The summed E-state index contributed by atoms with van der Waals surface area (Å²) in [6, 6.07) is 5.95. The highest BCUT2D eigenvalue weighted by Crippen LogP contribution is 2.13. The van der Waals surface area contributed by atoms with Crippen molar-refractivity contribution in [2.75, 3.05) is 37.6 Å². The van der Waals surface area contributed by atoms with Crippen molar-refractivity contribution in [3.05, 3.63) is 24.4 Å². The zero-order valence-corrected chi connectivity index (χ0v) is 17.6. The number of nitrogens with zero attached hydrogens (tertiary/aromatic N) is 3. The van der Waals surface area contributed by atoms with Crippen molar-refractivity contribution in [1.29, 1.82) is 0 Å². The summed E-state index contributed by atoms with van der Waals surface area (Å²) >= 11 is 0. The van der Waals surface area contributed by atoms with Crippen LogP contribution in [0.1, 0.15) is 33.6 Å². The van der Waals surface area contributed by atoms with Crippen LogP contribution in [0.15, 0.2) is 24.4 Å². The van der Waals surface area contributed by atoms with Crippen molar-refractivity contribution >= 4 is 29.4 Å². The second kappa shape index (κ2) is 11.9. The average molecular weight is 422 g/mol. The molecular formula is C20H30N4O6. The first-order valence-corrected chi connectivity index (χ1v) is 9.65. The Morgan fingerprint density at radius 1 is 1.07 bits per heavy atom. The van der Waals surface area contributed by atoms with Crippen molar-refractivity contribution in [2.45, 2.75) is 39.2 Å². The van der Waals surface area contributed by atoms with Gasteiger partial charge < -0.3 is 20.4 Å². The van der Waals surface area contributed by atoms with E-state index in [0.29, 0.717) is 12.8 Å². The predicted molar refractivity (Wildman–Crippen MR) is 110 cm³/mol. The molecule has 2 heterocycles. The lowest BCUT2D eigenvalue weighted by atomic mass is 9.98. The minimum Gasteiger partial charge on any atom is -0.473 e. The molecule has 0 spiro atoms. The Labute approximate surface area is 175 Å². The normalized spacial score (nSPS) is 14.3. The van der Waals surface area contributed by atoms with Crippen LogP contribution in [0.3, 0.4) is 0 Å². The predicted octanol–water partition coefficient (Wildman–Crippen LogP) is 0.623. The van der Waals surface area contributed by atoms with Gasteiger partial charge in [-0.2, -0.15) is 0 Å². The number of nitrogens with one attached hydrogen (secondary N) is 1. The van der Waals surface area contributed by atoms with Gasteiger partial charge in [0.15, 0.2) is 0 Å². The lowest BCUT2D eigenvalue weighted by Crippen LogP contribution is -2.49. The number of amides is 1. The molecule has 0 aliphatic carbocycles. The van der Waals surface area contributed by atoms with Crippen molar-refractivity contribution in [1.82, 2.24) is 15.2 Å². The Hall–Kier alpha value is -3.01. The van der Waals surface area contributed by atoms with Gasteiger partial charge in [-0.25, -0.2) is 14.6 Å². The molecule has 1 aromatic rings. The number of hydrogen-bond acceptors (Lipinski definition) is 7. The van der Waals surface area contributed by atoms with Gasteiger partial charge in [-0.1, -0.05) is 6.07 Å². The van der Waals surface area contributed by atoms with E-state index in [1.54, 1.807) is 6.92 Å². The van der Waals surface area contributed by atoms with Crippen LogP contribution < -0.4 is 10.2 Å². The van der Waals surface area contributed by atoms with E-state index in [1.807, 2.05) is 38.2 Å². The van der Waals surface area contributed by atoms with Crippen LogP contribution in [-0.2, 0) is 19.2 Å². The smallest absolute Gasteiger partial charge is 0.414 e. The average Bonchev–Trinajstić information content (AvgIpc) is 2.66. The van der Waals surface area contributed by atoms with Gasteiger partial charge in [0, 0.05) is 57.3 Å². The molecule has 1 fully saturated rings. The Morgan fingerprint density at radius 3 is 2.13 bits per heavy atom. The number of carbonyl (C=O) groups is 4. The number of pyridine rings is 1. The second-order valence-corrected chi connectivity index (χ2v) is 7.69. The van der Waals surface area contributed by atoms with Crippen molar-refractivity contribution in [3.8, 4) is 0 Å². The van der Waals surface area contributed by atoms with Crippen LogP contribution in [0.4, 0.5) is 5.82 Å². The fourth-order valence-corrected chi connectivity index (χ4v) is 3.11. The third-order valence-corrected chi connectivity index (χ3v) is 4.35. The monoisotopic (exact) mass is 422 g/mol. The summed E-state index contributed by atoms with van der Waals surface area (Å²) in [7, 11) is 0. The highest BCUT2D eigenvalue weighted by atomic mass is 16.4. The van der Waals surface area contributed by atoms with Crippen LogP contribution in [-0.4, -0.2) is 82.0 Å². The molecule has 10 nitrogen and oxygen atoms in total. The number of ketones is 1. The van der Waals surface area contributed by atoms with Gasteiger partial charge in [0.2, 0.25) is 5.91 Å². The van der Waals surface area contributed by atoms with E-state index in [2.05, 4.69) is 20.1 Å². The maximum atomic E-state index is 12.1. The molecule has 0 saturated carbocycles. The van der Waals surface area contributed by atoms with E-state index < -0.39 is 17.5 Å². The van der Waals surface area contributed by atoms with Crippen LogP contribution in [0.2, 0.25) is 0 Å². The van der Waals surface area contributed by atoms with Crippen molar-refractivity contribution in [3.63, 3.8) is 0 Å². The highest BCUT2D eigenvalue weighted by Gasteiger charge is 2.23. The van der Waals surface area contributed by atoms with E-state index in [4.69, 9.17) is 19.8 Å². The maximum absolute atomic E-state index is 12.1. The number of hydrogen-bond donors (Lipinski definition) is 3. The summed E-state index contributed by atoms with van der Waals surface area (Å²) in [5.41, 5.74) is -0.472. The van der Waals surface area contributed by atoms with E-state index >= 15 is 0 Å². The minimum atomic E-state index is -1.82. The van der Waals surface area contributed by atoms with Gasteiger partial charge in [-0.15, -0.1) is 0 Å². The number of rotatable bonds is 7. The zero-order chi connectivity index (χ0) is 22.7. The fraction of sp³-hybridized carbons (Fsp3) is 0.550. The number of anilines is 1. The third-order valence-electron chi connectivity index (χ3n) is 4.35. The summed E-state index contributed by atoms with van der Waals surface area (Å²) < 4.78 is 0. The third kappa shape index (κ3) is 9.97. The molecular weight excluding hydrogens is 392 g/mol. The first kappa shape index (κ1) is 25.0. The van der Waals surface area contributed by atoms with Gasteiger partial charge in [0.05, 0.1) is 0 Å². The Bertz CT molecular complexity index is 718. The molecule has 0 radical (unpaired) electrons. The van der Waals surface area contributed by atoms with Gasteiger partial charge in [0.25, 0.3) is 0 Å². The Morgan fingerprint density at radius 2 is 1.67 bits per heavy atom. The lowest BCUT2D eigenvalue weighted by molar-refractivity contribution is -0.159. The zero-order valence-electron chi connectivity index (χ0n) is 17.6. The van der Waals surface area contributed by atoms with Crippen LogP contribution in [0.5, 0.6) is 0 Å². The number of Topliss-reactive ketones (excluding diaryl/α,β-unsaturated/α-hetero) is 1. The lowest BCUT2D eigenvalue weighted by Gasteiger charge is -2.35. The number of piperazine rings is 1. The molecule has 10 heteroatoms. The molecule has 166 valence electrons. The first-order chi connectivity index (χ1) is 14.0. The van der Waals surface area contributed by atoms with Crippen LogP contribution >= 0.6 is 0 Å². The topological polar surface area (TPSA) is 140 Å². The second-order valence-electron chi connectivity index (χ2n) is 7.69. The molecule has 1 amide bonds. The van der Waals surface area contributed by atoms with E-state index in [9.17, 15) is 9.59 Å². The fourth-order valence-electron chi connectivity index (χ4n) is 3.11. The van der Waals surface area contributed by atoms with E-state index in [-0.39, 0.29) is 11.7 Å². The molecule has 1 saturated heterocycles. The van der Waals surface area contributed by atoms with Gasteiger partial charge in [-0.05, 0) is 32.9 Å². The van der Waals surface area contributed by atoms with Gasteiger partial charge in [-0.3, -0.25) is 14.5 Å². The summed E-state index contributed by atoms with van der Waals surface area (Å²) in [5.74, 6) is -2.54. The number of carboxylic acids is 2. The van der Waals surface area contributed by atoms with Crippen LogP contribution in [0, 0.1) is 0 Å². The molecule has 0 atom stereocenters. The van der Waals surface area contributed by atoms with E-state index in [0.717, 1.165) is 38.5 Å². The molecule has 1 aliphatic heterocycles. The Balaban J connectivity index is 0.000000656. The maximum Gasteiger partial charge on any atom is 0.414 e. The molecule has 30 heavy (non-hydrogen) atoms. The standard InChI is InChI=1S/C18H28N4O2.C2H2O4/c1-15(23)14-18(2,3)20-17(24)7-9-21-10-12-22(13-11-21)16-6-4-5-8-19-16;3-1(4)2(5)6/h4-6,8H,7,9-14H2,1-3H3,(H,20,24);(H,3,4)(H,5,6). The van der Waals surface area contributed by atoms with Gasteiger partial charge in [0.1, 0.15) is 11.6 Å². The number of carboxylic acid groups (broad SMARTS) is 2. The highest BCUT2D eigenvalue weighted by molar-refractivity contribution is 6.27. The molecule has 0 aromatic carbocycles. The molecule has 3 N–H and O–H groups in total. The number of carbonyl (C=O) groups excluding carboxylic acids is 2. The summed E-state index contributed by atoms with van der Waals surface area (Å²) in [4.78, 5) is 50.5. The van der Waals surface area contributed by atoms with Crippen molar-refractivity contribution in [2.24, 2.45) is 0 Å². The summed E-state index contributed by atoms with van der Waals surface area (Å²) in [5, 5.41) is 17.7. The summed E-state index contributed by atoms with van der Waals surface area (Å²) in [6.07, 6.45) is 2.64.